The number of hydrogen-bond acceptors (Lipinski definition) is 2. The summed E-state index contributed by atoms with van der Waals surface area (Å²) in [6.07, 6.45) is 1.03. The Hall–Kier alpha value is -0.540. The normalized spacial score (nSPS) is 10.2. The summed E-state index contributed by atoms with van der Waals surface area (Å²) in [5, 5.41) is 3.13. The molecule has 0 bridgehead atoms. The van der Waals surface area contributed by atoms with Crippen LogP contribution >= 0.6 is 15.9 Å². The third-order valence-electron chi connectivity index (χ3n) is 1.87. The zero-order valence-electron chi connectivity index (χ0n) is 8.64. The SMILES string of the molecule is CCCOc1c(Br)cccc1CNC. The van der Waals surface area contributed by atoms with Gasteiger partial charge in [0.1, 0.15) is 5.75 Å². The van der Waals surface area contributed by atoms with E-state index in [-0.39, 0.29) is 0 Å². The molecule has 0 aliphatic heterocycles. The van der Waals surface area contributed by atoms with E-state index in [1.165, 1.54) is 5.56 Å². The molecule has 14 heavy (non-hydrogen) atoms. The monoisotopic (exact) mass is 257 g/mol. The van der Waals surface area contributed by atoms with Crippen LogP contribution in [0.1, 0.15) is 18.9 Å². The third kappa shape index (κ3) is 3.00. The van der Waals surface area contributed by atoms with Crippen molar-refractivity contribution < 1.29 is 4.74 Å². The van der Waals surface area contributed by atoms with E-state index >= 15 is 0 Å². The van der Waals surface area contributed by atoms with E-state index in [0.29, 0.717) is 0 Å². The quantitative estimate of drug-likeness (QED) is 0.876. The van der Waals surface area contributed by atoms with E-state index < -0.39 is 0 Å². The van der Waals surface area contributed by atoms with Crippen LogP contribution in [0, 0.1) is 0 Å². The lowest BCUT2D eigenvalue weighted by Gasteiger charge is -2.12. The van der Waals surface area contributed by atoms with Gasteiger partial charge < -0.3 is 10.1 Å². The zero-order chi connectivity index (χ0) is 10.4. The van der Waals surface area contributed by atoms with Crippen molar-refractivity contribution in [2.45, 2.75) is 19.9 Å². The smallest absolute Gasteiger partial charge is 0.137 e. The summed E-state index contributed by atoms with van der Waals surface area (Å²) in [5.41, 5.74) is 1.19. The lowest BCUT2D eigenvalue weighted by atomic mass is 10.2. The van der Waals surface area contributed by atoms with Crippen molar-refractivity contribution in [3.8, 4) is 5.75 Å². The molecule has 3 heteroatoms. The molecule has 0 amide bonds. The van der Waals surface area contributed by atoms with E-state index in [2.05, 4.69) is 34.2 Å². The summed E-state index contributed by atoms with van der Waals surface area (Å²) in [5.74, 6) is 0.962. The van der Waals surface area contributed by atoms with Crippen LogP contribution in [0.5, 0.6) is 5.75 Å². The molecule has 0 fully saturated rings. The van der Waals surface area contributed by atoms with Gasteiger partial charge in [-0.2, -0.15) is 0 Å². The van der Waals surface area contributed by atoms with Gasteiger partial charge in [-0.25, -0.2) is 0 Å². The van der Waals surface area contributed by atoms with E-state index in [9.17, 15) is 0 Å². The van der Waals surface area contributed by atoms with Gasteiger partial charge in [-0.05, 0) is 35.5 Å². The molecule has 0 aromatic heterocycles. The molecule has 0 unspecified atom stereocenters. The van der Waals surface area contributed by atoms with Crippen molar-refractivity contribution in [3.63, 3.8) is 0 Å². The Bertz CT molecular complexity index is 289. The van der Waals surface area contributed by atoms with Crippen LogP contribution in [0.25, 0.3) is 0 Å². The van der Waals surface area contributed by atoms with Gasteiger partial charge in [0.2, 0.25) is 0 Å². The fourth-order valence-corrected chi connectivity index (χ4v) is 1.77. The highest BCUT2D eigenvalue weighted by molar-refractivity contribution is 9.10. The van der Waals surface area contributed by atoms with Crippen molar-refractivity contribution in [3.05, 3.63) is 28.2 Å². The van der Waals surface area contributed by atoms with Crippen LogP contribution in [0.4, 0.5) is 0 Å². The Kier molecular flexibility index (Phi) is 4.98. The molecule has 1 N–H and O–H groups in total. The molecular weight excluding hydrogens is 242 g/mol. The summed E-state index contributed by atoms with van der Waals surface area (Å²) >= 11 is 3.49. The molecule has 0 radical (unpaired) electrons. The van der Waals surface area contributed by atoms with Gasteiger partial charge in [-0.15, -0.1) is 0 Å². The molecule has 1 rings (SSSR count). The second-order valence-corrected chi connectivity index (χ2v) is 3.96. The lowest BCUT2D eigenvalue weighted by Crippen LogP contribution is -2.08. The van der Waals surface area contributed by atoms with Crippen molar-refractivity contribution in [1.29, 1.82) is 0 Å². The highest BCUT2D eigenvalue weighted by Gasteiger charge is 2.06. The van der Waals surface area contributed by atoms with E-state index in [4.69, 9.17) is 4.74 Å². The molecule has 0 saturated heterocycles. The number of halogens is 1. The largest absolute Gasteiger partial charge is 0.492 e. The predicted molar refractivity (Wildman–Crippen MR) is 62.7 cm³/mol. The maximum Gasteiger partial charge on any atom is 0.137 e. The summed E-state index contributed by atoms with van der Waals surface area (Å²) < 4.78 is 6.71. The van der Waals surface area contributed by atoms with E-state index in [1.54, 1.807) is 0 Å². The lowest BCUT2D eigenvalue weighted by molar-refractivity contribution is 0.311. The maximum atomic E-state index is 5.68. The second-order valence-electron chi connectivity index (χ2n) is 3.11. The average molecular weight is 258 g/mol. The van der Waals surface area contributed by atoms with Crippen LogP contribution in [0.3, 0.4) is 0 Å². The molecule has 0 aliphatic rings. The zero-order valence-corrected chi connectivity index (χ0v) is 10.2. The minimum Gasteiger partial charge on any atom is -0.492 e. The molecule has 1 aromatic carbocycles. The molecule has 0 atom stereocenters. The van der Waals surface area contributed by atoms with Crippen molar-refractivity contribution in [2.24, 2.45) is 0 Å². The molecule has 2 nitrogen and oxygen atoms in total. The molecule has 0 aliphatic carbocycles. The van der Waals surface area contributed by atoms with Gasteiger partial charge >= 0.3 is 0 Å². The minimum absolute atomic E-state index is 0.763. The molecule has 1 aromatic rings. The molecule has 0 saturated carbocycles. The predicted octanol–water partition coefficient (Wildman–Crippen LogP) is 2.96. The van der Waals surface area contributed by atoms with E-state index in [0.717, 1.165) is 29.8 Å². The topological polar surface area (TPSA) is 21.3 Å². The molecule has 0 spiro atoms. The maximum absolute atomic E-state index is 5.68. The van der Waals surface area contributed by atoms with Gasteiger partial charge in [0.05, 0.1) is 11.1 Å². The van der Waals surface area contributed by atoms with Gasteiger partial charge in [0.15, 0.2) is 0 Å². The summed E-state index contributed by atoms with van der Waals surface area (Å²) in [4.78, 5) is 0. The Morgan fingerprint density at radius 1 is 1.43 bits per heavy atom. The first kappa shape index (κ1) is 11.5. The van der Waals surface area contributed by atoms with Crippen LogP contribution in [0.15, 0.2) is 22.7 Å². The average Bonchev–Trinajstić information content (AvgIpc) is 2.18. The van der Waals surface area contributed by atoms with Crippen LogP contribution in [-0.4, -0.2) is 13.7 Å². The highest BCUT2D eigenvalue weighted by atomic mass is 79.9. The number of rotatable bonds is 5. The van der Waals surface area contributed by atoms with Gasteiger partial charge in [-0.1, -0.05) is 19.1 Å². The standard InChI is InChI=1S/C11H16BrNO/c1-3-7-14-11-9(8-13-2)5-4-6-10(11)12/h4-6,13H,3,7-8H2,1-2H3. The first-order valence-electron chi connectivity index (χ1n) is 4.84. The van der Waals surface area contributed by atoms with Gasteiger partial charge in [0.25, 0.3) is 0 Å². The number of para-hydroxylation sites is 1. The summed E-state index contributed by atoms with van der Waals surface area (Å²) in [7, 11) is 1.94. The second kappa shape index (κ2) is 6.04. The fraction of sp³-hybridized carbons (Fsp3) is 0.455. The van der Waals surface area contributed by atoms with Crippen molar-refractivity contribution in [1.82, 2.24) is 5.32 Å². The summed E-state index contributed by atoms with van der Waals surface area (Å²) in [6.45, 7) is 3.70. The highest BCUT2D eigenvalue weighted by Crippen LogP contribution is 2.29. The third-order valence-corrected chi connectivity index (χ3v) is 2.49. The summed E-state index contributed by atoms with van der Waals surface area (Å²) in [6, 6.07) is 6.10. The van der Waals surface area contributed by atoms with Crippen molar-refractivity contribution >= 4 is 15.9 Å². The van der Waals surface area contributed by atoms with Crippen LogP contribution < -0.4 is 10.1 Å². The minimum atomic E-state index is 0.763. The Labute approximate surface area is 93.8 Å². The van der Waals surface area contributed by atoms with Crippen LogP contribution in [0.2, 0.25) is 0 Å². The first-order valence-corrected chi connectivity index (χ1v) is 5.63. The van der Waals surface area contributed by atoms with Crippen molar-refractivity contribution in [2.75, 3.05) is 13.7 Å². The van der Waals surface area contributed by atoms with Gasteiger partial charge in [0, 0.05) is 12.1 Å². The van der Waals surface area contributed by atoms with Gasteiger partial charge in [-0.3, -0.25) is 0 Å². The molecule has 78 valence electrons. The number of nitrogens with one attached hydrogen (secondary N) is 1. The van der Waals surface area contributed by atoms with E-state index in [1.807, 2.05) is 19.2 Å². The Balaban J connectivity index is 2.84. The number of hydrogen-bond donors (Lipinski definition) is 1. The molecule has 0 heterocycles. The molecular formula is C11H16BrNO. The Morgan fingerprint density at radius 2 is 2.21 bits per heavy atom. The Morgan fingerprint density at radius 3 is 2.86 bits per heavy atom. The van der Waals surface area contributed by atoms with Crippen LogP contribution in [-0.2, 0) is 6.54 Å². The first-order chi connectivity index (χ1) is 6.79. The number of ether oxygens (including phenoxy) is 1. The fourth-order valence-electron chi connectivity index (χ4n) is 1.25. The number of benzene rings is 1.